The highest BCUT2D eigenvalue weighted by Gasteiger charge is 2.22. The summed E-state index contributed by atoms with van der Waals surface area (Å²) in [6, 6.07) is 15.3. The van der Waals surface area contributed by atoms with E-state index in [2.05, 4.69) is 36.4 Å². The second-order valence-corrected chi connectivity index (χ2v) is 10.2. The van der Waals surface area contributed by atoms with Gasteiger partial charge in [0.15, 0.2) is 5.16 Å². The largest absolute Gasteiger partial charge is 0.322 e. The molecular weight excluding hydrogens is 458 g/mol. The number of benzene rings is 2. The molecule has 0 aliphatic heterocycles. The van der Waals surface area contributed by atoms with Gasteiger partial charge in [-0.3, -0.25) is 18.8 Å². The van der Waals surface area contributed by atoms with Gasteiger partial charge in [-0.15, -0.1) is 0 Å². The maximum Gasteiger partial charge on any atom is 0.266 e. The fourth-order valence-electron chi connectivity index (χ4n) is 4.00. The first-order valence-electron chi connectivity index (χ1n) is 11.8. The van der Waals surface area contributed by atoms with E-state index >= 15 is 0 Å². The van der Waals surface area contributed by atoms with Crippen molar-refractivity contribution in [1.29, 1.82) is 0 Å². The molecule has 2 aromatic heterocycles. The van der Waals surface area contributed by atoms with Gasteiger partial charge in [0.2, 0.25) is 5.91 Å². The maximum atomic E-state index is 13.6. The highest BCUT2D eigenvalue weighted by atomic mass is 32.2. The Hall–Kier alpha value is -3.39. The molecule has 182 valence electrons. The molecule has 4 rings (SSSR count). The Kier molecular flexibility index (Phi) is 7.12. The molecule has 0 saturated heterocycles. The number of rotatable bonds is 7. The van der Waals surface area contributed by atoms with Crippen molar-refractivity contribution in [2.75, 3.05) is 5.32 Å². The Bertz CT molecular complexity index is 1440. The van der Waals surface area contributed by atoms with Crippen LogP contribution in [0.4, 0.5) is 5.69 Å². The third-order valence-electron chi connectivity index (χ3n) is 6.49. The van der Waals surface area contributed by atoms with Crippen molar-refractivity contribution in [2.45, 2.75) is 57.4 Å². The van der Waals surface area contributed by atoms with Crippen molar-refractivity contribution >= 4 is 34.3 Å². The minimum atomic E-state index is -0.493. The molecule has 0 radical (unpaired) electrons. The third-order valence-corrected chi connectivity index (χ3v) is 7.54. The van der Waals surface area contributed by atoms with Crippen LogP contribution in [0.1, 0.15) is 50.1 Å². The van der Waals surface area contributed by atoms with Crippen LogP contribution in [0.5, 0.6) is 0 Å². The molecule has 0 fully saturated rings. The molecule has 0 aliphatic rings. The highest BCUT2D eigenvalue weighted by molar-refractivity contribution is 8.00. The number of aromatic nitrogens is 4. The first-order chi connectivity index (χ1) is 16.7. The summed E-state index contributed by atoms with van der Waals surface area (Å²) in [5.41, 5.74) is 4.78. The molecule has 8 heteroatoms. The third kappa shape index (κ3) is 4.89. The minimum absolute atomic E-state index is 0.152. The predicted molar refractivity (Wildman–Crippen MR) is 143 cm³/mol. The molecule has 0 aliphatic carbocycles. The van der Waals surface area contributed by atoms with E-state index in [1.54, 1.807) is 15.3 Å². The number of nitrogens with zero attached hydrogens (tertiary/aromatic N) is 4. The Morgan fingerprint density at radius 3 is 2.40 bits per heavy atom. The Labute approximate surface area is 209 Å². The van der Waals surface area contributed by atoms with Crippen LogP contribution in [-0.2, 0) is 11.8 Å². The number of carbonyl (C=O) groups excluding carboxylic acids is 1. The van der Waals surface area contributed by atoms with Gasteiger partial charge in [-0.25, -0.2) is 4.98 Å². The SMILES string of the molecule is CCC(C)c1ccc(-n2c(SC(C)C(=O)Nc3c(C)nn(C)c3C)nc3ccccc3c2=O)cc1. The molecule has 4 aromatic rings. The summed E-state index contributed by atoms with van der Waals surface area (Å²) >= 11 is 1.27. The number of carbonyl (C=O) groups is 1. The van der Waals surface area contributed by atoms with Crippen LogP contribution in [0.15, 0.2) is 58.5 Å². The van der Waals surface area contributed by atoms with E-state index in [0.717, 1.165) is 29.2 Å². The van der Waals surface area contributed by atoms with Crippen LogP contribution in [0, 0.1) is 13.8 Å². The molecule has 0 bridgehead atoms. The molecule has 0 saturated carbocycles. The molecular formula is C27H31N5O2S. The standard InChI is InChI=1S/C27H31N5O2S/c1-7-16(2)20-12-14-21(15-13-20)32-26(34)22-10-8-9-11-23(22)28-27(32)35-19(5)25(33)29-24-17(3)30-31(6)18(24)4/h8-16,19H,7H2,1-6H3,(H,29,33). The first kappa shape index (κ1) is 24.7. The van der Waals surface area contributed by atoms with Crippen molar-refractivity contribution in [1.82, 2.24) is 19.3 Å². The minimum Gasteiger partial charge on any atom is -0.322 e. The average molecular weight is 490 g/mol. The van der Waals surface area contributed by atoms with Crippen molar-refractivity contribution in [3.8, 4) is 5.69 Å². The molecule has 7 nitrogen and oxygen atoms in total. The van der Waals surface area contributed by atoms with Crippen molar-refractivity contribution in [3.63, 3.8) is 0 Å². The van der Waals surface area contributed by atoms with E-state index in [0.29, 0.717) is 22.0 Å². The lowest BCUT2D eigenvalue weighted by molar-refractivity contribution is -0.115. The Balaban J connectivity index is 1.72. The van der Waals surface area contributed by atoms with Crippen LogP contribution >= 0.6 is 11.8 Å². The number of hydrogen-bond donors (Lipinski definition) is 1. The predicted octanol–water partition coefficient (Wildman–Crippen LogP) is 5.37. The van der Waals surface area contributed by atoms with E-state index < -0.39 is 5.25 Å². The van der Waals surface area contributed by atoms with Gasteiger partial charge in [0, 0.05) is 7.05 Å². The van der Waals surface area contributed by atoms with E-state index in [4.69, 9.17) is 4.98 Å². The smallest absolute Gasteiger partial charge is 0.266 e. The average Bonchev–Trinajstić information content (AvgIpc) is 3.09. The fourth-order valence-corrected chi connectivity index (χ4v) is 4.92. The summed E-state index contributed by atoms with van der Waals surface area (Å²) in [5, 5.41) is 7.90. The molecule has 2 aromatic carbocycles. The van der Waals surface area contributed by atoms with E-state index in [1.807, 2.05) is 58.2 Å². The molecule has 2 atom stereocenters. The topological polar surface area (TPSA) is 81.8 Å². The molecule has 0 spiro atoms. The van der Waals surface area contributed by atoms with Crippen LogP contribution in [-0.4, -0.2) is 30.5 Å². The zero-order chi connectivity index (χ0) is 25.3. The van der Waals surface area contributed by atoms with Gasteiger partial charge in [-0.05, 0) is 62.9 Å². The zero-order valence-electron chi connectivity index (χ0n) is 21.0. The Morgan fingerprint density at radius 1 is 1.09 bits per heavy atom. The monoisotopic (exact) mass is 489 g/mol. The molecule has 35 heavy (non-hydrogen) atoms. The summed E-state index contributed by atoms with van der Waals surface area (Å²) in [7, 11) is 1.85. The summed E-state index contributed by atoms with van der Waals surface area (Å²) in [4.78, 5) is 31.4. The van der Waals surface area contributed by atoms with Gasteiger partial charge in [0.1, 0.15) is 0 Å². The number of hydrogen-bond acceptors (Lipinski definition) is 5. The van der Waals surface area contributed by atoms with Gasteiger partial charge >= 0.3 is 0 Å². The van der Waals surface area contributed by atoms with Crippen molar-refractivity contribution in [3.05, 3.63) is 75.8 Å². The number of amides is 1. The normalized spacial score (nSPS) is 13.1. The van der Waals surface area contributed by atoms with Crippen LogP contribution < -0.4 is 10.9 Å². The van der Waals surface area contributed by atoms with Gasteiger partial charge in [0.25, 0.3) is 5.56 Å². The van der Waals surface area contributed by atoms with Gasteiger partial charge < -0.3 is 5.32 Å². The second-order valence-electron chi connectivity index (χ2n) is 8.87. The number of para-hydroxylation sites is 1. The van der Waals surface area contributed by atoms with Crippen LogP contribution in [0.25, 0.3) is 16.6 Å². The van der Waals surface area contributed by atoms with Crippen molar-refractivity contribution in [2.24, 2.45) is 7.05 Å². The summed E-state index contributed by atoms with van der Waals surface area (Å²) in [6.07, 6.45) is 1.04. The quantitative estimate of drug-likeness (QED) is 0.279. The highest BCUT2D eigenvalue weighted by Crippen LogP contribution is 2.28. The van der Waals surface area contributed by atoms with Gasteiger partial charge in [-0.2, -0.15) is 5.10 Å². The lowest BCUT2D eigenvalue weighted by Crippen LogP contribution is -2.26. The summed E-state index contributed by atoms with van der Waals surface area (Å²) in [5.74, 6) is 0.266. The molecule has 1 N–H and O–H groups in total. The van der Waals surface area contributed by atoms with Gasteiger partial charge in [0.05, 0.1) is 38.9 Å². The van der Waals surface area contributed by atoms with Gasteiger partial charge in [-0.1, -0.05) is 49.9 Å². The molecule has 2 unspecified atom stereocenters. The molecule has 1 amide bonds. The van der Waals surface area contributed by atoms with Crippen molar-refractivity contribution < 1.29 is 4.79 Å². The number of thioether (sulfide) groups is 1. The van der Waals surface area contributed by atoms with Crippen LogP contribution in [0.3, 0.4) is 0 Å². The lowest BCUT2D eigenvalue weighted by Gasteiger charge is -2.17. The van der Waals surface area contributed by atoms with Crippen LogP contribution in [0.2, 0.25) is 0 Å². The number of nitrogens with one attached hydrogen (secondary N) is 1. The maximum absolute atomic E-state index is 13.6. The summed E-state index contributed by atoms with van der Waals surface area (Å²) < 4.78 is 3.35. The van der Waals surface area contributed by atoms with E-state index in [9.17, 15) is 9.59 Å². The first-order valence-corrected chi connectivity index (χ1v) is 12.7. The van der Waals surface area contributed by atoms with E-state index in [1.165, 1.54) is 17.3 Å². The lowest BCUT2D eigenvalue weighted by atomic mass is 9.98. The zero-order valence-corrected chi connectivity index (χ0v) is 21.8. The fraction of sp³-hybridized carbons (Fsp3) is 0.333. The summed E-state index contributed by atoms with van der Waals surface area (Å²) in [6.45, 7) is 9.95. The Morgan fingerprint density at radius 2 is 1.77 bits per heavy atom. The van der Waals surface area contributed by atoms with E-state index in [-0.39, 0.29) is 11.5 Å². The second kappa shape index (κ2) is 10.1. The molecule has 2 heterocycles. The number of aryl methyl sites for hydroxylation is 2. The number of anilines is 1. The number of fused-ring (bicyclic) bond motifs is 1.